The van der Waals surface area contributed by atoms with Crippen molar-refractivity contribution >= 4 is 5.97 Å². The first-order valence-corrected chi connectivity index (χ1v) is 11.1. The van der Waals surface area contributed by atoms with Gasteiger partial charge in [0.15, 0.2) is 0 Å². The molecule has 0 spiro atoms. The van der Waals surface area contributed by atoms with Crippen LogP contribution in [0.15, 0.2) is 36.4 Å². The van der Waals surface area contributed by atoms with Gasteiger partial charge in [0, 0.05) is 11.1 Å². The molecule has 33 heavy (non-hydrogen) atoms. The van der Waals surface area contributed by atoms with Crippen LogP contribution in [0.3, 0.4) is 0 Å². The molecule has 2 aromatic carbocycles. The molecule has 3 rings (SSSR count). The molecule has 2 aromatic rings. The Labute approximate surface area is 195 Å². The van der Waals surface area contributed by atoms with Gasteiger partial charge in [-0.3, -0.25) is 0 Å². The van der Waals surface area contributed by atoms with Crippen LogP contribution >= 0.6 is 0 Å². The number of carbonyl (C=O) groups is 1. The zero-order valence-electron chi connectivity index (χ0n) is 20.5. The maximum atomic E-state index is 12.4. The summed E-state index contributed by atoms with van der Waals surface area (Å²) in [6, 6.07) is 11.5. The highest BCUT2D eigenvalue weighted by Gasteiger charge is 2.49. The van der Waals surface area contributed by atoms with Crippen LogP contribution in [0, 0.1) is 5.41 Å². The summed E-state index contributed by atoms with van der Waals surface area (Å²) in [7, 11) is 3.16. The van der Waals surface area contributed by atoms with E-state index in [-0.39, 0.29) is 5.97 Å². The van der Waals surface area contributed by atoms with Crippen molar-refractivity contribution in [2.75, 3.05) is 27.3 Å². The summed E-state index contributed by atoms with van der Waals surface area (Å²) in [5, 5.41) is 21.9. The minimum absolute atomic E-state index is 0.292. The Kier molecular flexibility index (Phi) is 7.07. The summed E-state index contributed by atoms with van der Waals surface area (Å²) in [5.74, 6) is 0.902. The van der Waals surface area contributed by atoms with Gasteiger partial charge in [-0.1, -0.05) is 24.3 Å². The van der Waals surface area contributed by atoms with Crippen molar-refractivity contribution in [3.63, 3.8) is 0 Å². The van der Waals surface area contributed by atoms with E-state index in [1.54, 1.807) is 33.1 Å². The molecule has 0 aromatic heterocycles. The summed E-state index contributed by atoms with van der Waals surface area (Å²) < 4.78 is 11.1. The van der Waals surface area contributed by atoms with Crippen LogP contribution in [-0.4, -0.2) is 48.6 Å². The maximum Gasteiger partial charge on any atom is 0.330 e. The van der Waals surface area contributed by atoms with Crippen LogP contribution < -0.4 is 9.47 Å². The standard InChI is InChI=1S/C26H35NO6/c1-16(28)20-10-8-18(12-22(20)31-6)26(14-27(15-26)33-24(30)25(3,4)5)19-9-11-21(17(2)29)23(13-19)32-7/h8-13,16-17,28-29H,14-15H2,1-7H3. The lowest BCUT2D eigenvalue weighted by Crippen LogP contribution is -2.60. The van der Waals surface area contributed by atoms with Crippen LogP contribution in [0.2, 0.25) is 0 Å². The highest BCUT2D eigenvalue weighted by atomic mass is 16.7. The zero-order chi connectivity index (χ0) is 24.6. The number of benzene rings is 2. The van der Waals surface area contributed by atoms with Gasteiger partial charge in [-0.25, -0.2) is 4.79 Å². The van der Waals surface area contributed by atoms with Crippen LogP contribution in [-0.2, 0) is 15.0 Å². The fourth-order valence-electron chi connectivity index (χ4n) is 4.11. The van der Waals surface area contributed by atoms with E-state index in [2.05, 4.69) is 0 Å². The first kappa shape index (κ1) is 25.0. The second-order valence-electron chi connectivity index (χ2n) is 9.77. The third-order valence-electron chi connectivity index (χ3n) is 6.19. The summed E-state index contributed by atoms with van der Waals surface area (Å²) in [6.07, 6.45) is -1.33. The summed E-state index contributed by atoms with van der Waals surface area (Å²) in [5.41, 5.74) is 2.25. The Morgan fingerprint density at radius 3 is 1.67 bits per heavy atom. The number of hydrogen-bond donors (Lipinski definition) is 2. The van der Waals surface area contributed by atoms with Crippen LogP contribution in [0.25, 0.3) is 0 Å². The Morgan fingerprint density at radius 2 is 1.33 bits per heavy atom. The lowest BCUT2D eigenvalue weighted by molar-refractivity contribution is -0.229. The molecule has 1 heterocycles. The minimum atomic E-state index is -0.666. The molecule has 2 unspecified atom stereocenters. The summed E-state index contributed by atoms with van der Waals surface area (Å²) in [4.78, 5) is 18.1. The minimum Gasteiger partial charge on any atom is -0.496 e. The highest BCUT2D eigenvalue weighted by molar-refractivity contribution is 5.75. The van der Waals surface area contributed by atoms with E-state index in [4.69, 9.17) is 14.3 Å². The van der Waals surface area contributed by atoms with Gasteiger partial charge >= 0.3 is 5.97 Å². The average molecular weight is 458 g/mol. The van der Waals surface area contributed by atoms with E-state index in [1.165, 1.54) is 0 Å². The fraction of sp³-hybridized carbons (Fsp3) is 0.500. The summed E-state index contributed by atoms with van der Waals surface area (Å²) in [6.45, 7) is 9.76. The van der Waals surface area contributed by atoms with Gasteiger partial charge in [0.2, 0.25) is 0 Å². The number of ether oxygens (including phenoxy) is 2. The zero-order valence-corrected chi connectivity index (χ0v) is 20.5. The molecule has 1 saturated heterocycles. The average Bonchev–Trinajstić information content (AvgIpc) is 2.73. The van der Waals surface area contributed by atoms with Crippen LogP contribution in [0.5, 0.6) is 11.5 Å². The van der Waals surface area contributed by atoms with Gasteiger partial charge in [0.25, 0.3) is 0 Å². The Balaban J connectivity index is 2.05. The molecule has 0 amide bonds. The van der Waals surface area contributed by atoms with Crippen molar-refractivity contribution in [1.82, 2.24) is 5.06 Å². The molecule has 2 N–H and O–H groups in total. The number of hydroxylamine groups is 2. The molecular formula is C26H35NO6. The van der Waals surface area contributed by atoms with Crippen molar-refractivity contribution in [2.45, 2.75) is 52.2 Å². The fourth-order valence-corrected chi connectivity index (χ4v) is 4.11. The molecule has 1 aliphatic heterocycles. The summed E-state index contributed by atoms with van der Waals surface area (Å²) >= 11 is 0. The number of hydrogen-bond acceptors (Lipinski definition) is 7. The van der Waals surface area contributed by atoms with E-state index >= 15 is 0 Å². The molecular weight excluding hydrogens is 422 g/mol. The molecule has 2 atom stereocenters. The predicted octanol–water partition coefficient (Wildman–Crippen LogP) is 3.92. The largest absolute Gasteiger partial charge is 0.496 e. The van der Waals surface area contributed by atoms with Gasteiger partial charge < -0.3 is 24.5 Å². The number of aliphatic hydroxyl groups is 2. The first-order valence-electron chi connectivity index (χ1n) is 11.1. The van der Waals surface area contributed by atoms with E-state index in [0.29, 0.717) is 35.7 Å². The van der Waals surface area contributed by atoms with Crippen molar-refractivity contribution in [2.24, 2.45) is 5.41 Å². The topological polar surface area (TPSA) is 88.5 Å². The lowest BCUT2D eigenvalue weighted by atomic mass is 9.69. The molecule has 0 aliphatic carbocycles. The second kappa shape index (κ2) is 9.33. The first-order chi connectivity index (χ1) is 15.4. The number of methoxy groups -OCH3 is 2. The lowest BCUT2D eigenvalue weighted by Gasteiger charge is -2.49. The molecule has 0 radical (unpaired) electrons. The van der Waals surface area contributed by atoms with E-state index in [9.17, 15) is 15.0 Å². The van der Waals surface area contributed by atoms with Crippen LogP contribution in [0.1, 0.15) is 69.1 Å². The number of rotatable bonds is 7. The number of carbonyl (C=O) groups excluding carboxylic acids is 1. The monoisotopic (exact) mass is 457 g/mol. The van der Waals surface area contributed by atoms with Gasteiger partial charge in [-0.2, -0.15) is 0 Å². The maximum absolute atomic E-state index is 12.4. The number of nitrogens with zero attached hydrogens (tertiary/aromatic N) is 1. The van der Waals surface area contributed by atoms with Gasteiger partial charge in [-0.05, 0) is 57.9 Å². The van der Waals surface area contributed by atoms with Crippen molar-refractivity contribution in [3.8, 4) is 11.5 Å². The predicted molar refractivity (Wildman–Crippen MR) is 125 cm³/mol. The van der Waals surface area contributed by atoms with Gasteiger partial charge in [0.05, 0.1) is 50.3 Å². The SMILES string of the molecule is COc1cc(C2(c3ccc(C(C)O)c(OC)c3)CN(OC(=O)C(C)(C)C)C2)ccc1C(C)O. The second-order valence-corrected chi connectivity index (χ2v) is 9.77. The van der Waals surface area contributed by atoms with E-state index in [1.807, 2.05) is 57.2 Å². The van der Waals surface area contributed by atoms with Gasteiger partial charge in [0.1, 0.15) is 11.5 Å². The normalized spacial score (nSPS) is 17.6. The number of aliphatic hydroxyl groups excluding tert-OH is 2. The highest BCUT2D eigenvalue weighted by Crippen LogP contribution is 2.45. The van der Waals surface area contributed by atoms with Crippen LogP contribution in [0.4, 0.5) is 0 Å². The third kappa shape index (κ3) is 4.86. The molecule has 1 aliphatic rings. The van der Waals surface area contributed by atoms with E-state index < -0.39 is 23.0 Å². The van der Waals surface area contributed by atoms with Crippen molar-refractivity contribution in [1.29, 1.82) is 0 Å². The molecule has 0 bridgehead atoms. The van der Waals surface area contributed by atoms with Gasteiger partial charge in [-0.15, -0.1) is 5.06 Å². The molecule has 1 fully saturated rings. The molecule has 180 valence electrons. The van der Waals surface area contributed by atoms with Crippen molar-refractivity contribution < 1.29 is 29.3 Å². The Bertz CT molecular complexity index is 941. The molecule has 7 heteroatoms. The molecule has 0 saturated carbocycles. The quantitative estimate of drug-likeness (QED) is 0.652. The Morgan fingerprint density at radius 1 is 0.909 bits per heavy atom. The smallest absolute Gasteiger partial charge is 0.330 e. The third-order valence-corrected chi connectivity index (χ3v) is 6.19. The Hall–Kier alpha value is -2.61. The van der Waals surface area contributed by atoms with E-state index in [0.717, 1.165) is 11.1 Å². The molecule has 7 nitrogen and oxygen atoms in total. The van der Waals surface area contributed by atoms with Crippen molar-refractivity contribution in [3.05, 3.63) is 58.7 Å².